The molecule has 0 N–H and O–H groups in total. The molecule has 5 nitrogen and oxygen atoms in total. The van der Waals surface area contributed by atoms with Crippen molar-refractivity contribution in [3.63, 3.8) is 0 Å². The van der Waals surface area contributed by atoms with Crippen LogP contribution in [0.5, 0.6) is 0 Å². The first kappa shape index (κ1) is 20.6. The molecule has 0 spiro atoms. The van der Waals surface area contributed by atoms with E-state index in [2.05, 4.69) is 41.3 Å². The molecular formula is C21H24ClN3O2. The van der Waals surface area contributed by atoms with Crippen molar-refractivity contribution < 1.29 is 9.63 Å². The SMILES string of the molecule is CCCCCC(=O)O/N=C(\Cn1ccnc1)c1ccc2ccccc2c1.Cl. The summed E-state index contributed by atoms with van der Waals surface area (Å²) in [7, 11) is 0. The van der Waals surface area contributed by atoms with Crippen LogP contribution in [0.15, 0.2) is 66.3 Å². The van der Waals surface area contributed by atoms with E-state index in [1.165, 1.54) is 0 Å². The number of unbranched alkanes of at least 4 members (excludes halogenated alkanes) is 2. The lowest BCUT2D eigenvalue weighted by Crippen LogP contribution is -2.12. The minimum atomic E-state index is -0.289. The molecule has 3 rings (SSSR count). The maximum atomic E-state index is 11.9. The van der Waals surface area contributed by atoms with Gasteiger partial charge >= 0.3 is 5.97 Å². The van der Waals surface area contributed by atoms with Gasteiger partial charge in [-0.05, 0) is 23.3 Å². The van der Waals surface area contributed by atoms with Crippen molar-refractivity contribution in [1.82, 2.24) is 9.55 Å². The van der Waals surface area contributed by atoms with Gasteiger partial charge in [0.2, 0.25) is 0 Å². The summed E-state index contributed by atoms with van der Waals surface area (Å²) in [6.45, 7) is 2.59. The minimum Gasteiger partial charge on any atom is -0.331 e. The standard InChI is InChI=1S/C21H23N3O2.ClH/c1-2-3-4-9-21(25)26-23-20(15-24-13-12-22-16-24)19-11-10-17-7-5-6-8-18(17)14-19;/h5-8,10-14,16H,2-4,9,15H2,1H3;1H/b23-20+;. The first-order valence-electron chi connectivity index (χ1n) is 8.98. The number of hydrogen-bond donors (Lipinski definition) is 0. The van der Waals surface area contributed by atoms with Crippen LogP contribution in [-0.4, -0.2) is 21.2 Å². The van der Waals surface area contributed by atoms with Gasteiger partial charge in [-0.1, -0.05) is 61.3 Å². The number of benzene rings is 2. The second-order valence-corrected chi connectivity index (χ2v) is 6.26. The van der Waals surface area contributed by atoms with E-state index in [-0.39, 0.29) is 18.4 Å². The summed E-state index contributed by atoms with van der Waals surface area (Å²) in [5.41, 5.74) is 1.62. The summed E-state index contributed by atoms with van der Waals surface area (Å²) in [5.74, 6) is -0.289. The van der Waals surface area contributed by atoms with E-state index in [1.54, 1.807) is 12.5 Å². The van der Waals surface area contributed by atoms with Gasteiger partial charge in [0.15, 0.2) is 0 Å². The Bertz CT molecular complexity index is 891. The Labute approximate surface area is 165 Å². The minimum absolute atomic E-state index is 0. The van der Waals surface area contributed by atoms with Crippen LogP contribution in [0.2, 0.25) is 0 Å². The van der Waals surface area contributed by atoms with E-state index >= 15 is 0 Å². The van der Waals surface area contributed by atoms with Crippen molar-refractivity contribution in [3.8, 4) is 0 Å². The predicted octanol–water partition coefficient (Wildman–Crippen LogP) is 4.99. The number of carbonyl (C=O) groups is 1. The summed E-state index contributed by atoms with van der Waals surface area (Å²) in [5, 5.41) is 6.46. The van der Waals surface area contributed by atoms with E-state index < -0.39 is 0 Å². The van der Waals surface area contributed by atoms with Crippen molar-refractivity contribution in [3.05, 3.63) is 66.7 Å². The molecule has 0 saturated heterocycles. The number of nitrogens with zero attached hydrogens (tertiary/aromatic N) is 3. The highest BCUT2D eigenvalue weighted by atomic mass is 35.5. The average Bonchev–Trinajstić information content (AvgIpc) is 3.18. The molecule has 0 aliphatic carbocycles. The van der Waals surface area contributed by atoms with Crippen molar-refractivity contribution in [1.29, 1.82) is 0 Å². The lowest BCUT2D eigenvalue weighted by molar-refractivity contribution is -0.143. The Morgan fingerprint density at radius 1 is 1.15 bits per heavy atom. The summed E-state index contributed by atoms with van der Waals surface area (Å²) in [6, 6.07) is 14.3. The van der Waals surface area contributed by atoms with Gasteiger partial charge in [0.25, 0.3) is 0 Å². The van der Waals surface area contributed by atoms with E-state index in [1.807, 2.05) is 29.0 Å². The van der Waals surface area contributed by atoms with Gasteiger partial charge in [-0.2, -0.15) is 0 Å². The van der Waals surface area contributed by atoms with Crippen LogP contribution in [0.25, 0.3) is 10.8 Å². The fourth-order valence-corrected chi connectivity index (χ4v) is 2.77. The maximum Gasteiger partial charge on any atom is 0.335 e. The quantitative estimate of drug-likeness (QED) is 0.237. The third kappa shape index (κ3) is 5.93. The molecule has 27 heavy (non-hydrogen) atoms. The second-order valence-electron chi connectivity index (χ2n) is 6.26. The summed E-state index contributed by atoms with van der Waals surface area (Å²) < 4.78 is 1.90. The van der Waals surface area contributed by atoms with Crippen molar-refractivity contribution in [2.45, 2.75) is 39.2 Å². The summed E-state index contributed by atoms with van der Waals surface area (Å²) in [6.07, 6.45) is 8.62. The zero-order valence-corrected chi connectivity index (χ0v) is 16.2. The predicted molar refractivity (Wildman–Crippen MR) is 110 cm³/mol. The number of halogens is 1. The van der Waals surface area contributed by atoms with Gasteiger partial charge in [0.05, 0.1) is 12.9 Å². The molecule has 0 radical (unpaired) electrons. The number of carbonyl (C=O) groups excluding carboxylic acids is 1. The lowest BCUT2D eigenvalue weighted by Gasteiger charge is -2.09. The number of fused-ring (bicyclic) bond motifs is 1. The Balaban J connectivity index is 0.00000261. The van der Waals surface area contributed by atoms with Gasteiger partial charge in [0, 0.05) is 24.4 Å². The zero-order chi connectivity index (χ0) is 18.2. The molecule has 1 aromatic heterocycles. The first-order valence-corrected chi connectivity index (χ1v) is 8.98. The maximum absolute atomic E-state index is 11.9. The van der Waals surface area contributed by atoms with E-state index in [4.69, 9.17) is 4.84 Å². The first-order chi connectivity index (χ1) is 12.8. The topological polar surface area (TPSA) is 56.5 Å². The van der Waals surface area contributed by atoms with Gasteiger partial charge in [-0.3, -0.25) is 0 Å². The van der Waals surface area contributed by atoms with Crippen LogP contribution in [0, 0.1) is 0 Å². The van der Waals surface area contributed by atoms with E-state index in [0.717, 1.165) is 35.6 Å². The molecule has 2 aromatic carbocycles. The third-order valence-electron chi connectivity index (χ3n) is 4.22. The fraction of sp³-hybridized carbons (Fsp3) is 0.286. The molecule has 0 unspecified atom stereocenters. The van der Waals surface area contributed by atoms with E-state index in [9.17, 15) is 4.79 Å². The normalized spacial score (nSPS) is 11.2. The molecule has 0 fully saturated rings. The Morgan fingerprint density at radius 2 is 1.96 bits per heavy atom. The average molecular weight is 386 g/mol. The molecule has 0 bridgehead atoms. The molecule has 0 amide bonds. The van der Waals surface area contributed by atoms with Crippen LogP contribution in [-0.2, 0) is 16.2 Å². The summed E-state index contributed by atoms with van der Waals surface area (Å²) in [4.78, 5) is 21.2. The molecule has 1 heterocycles. The molecular weight excluding hydrogens is 362 g/mol. The monoisotopic (exact) mass is 385 g/mol. The van der Waals surface area contributed by atoms with Gasteiger partial charge in [-0.15, -0.1) is 12.4 Å². The Kier molecular flexibility index (Phi) is 8.01. The highest BCUT2D eigenvalue weighted by molar-refractivity contribution is 6.03. The number of oxime groups is 1. The second kappa shape index (κ2) is 10.5. The largest absolute Gasteiger partial charge is 0.335 e. The zero-order valence-electron chi connectivity index (χ0n) is 15.4. The number of imidazole rings is 1. The van der Waals surface area contributed by atoms with Crippen molar-refractivity contribution in [2.75, 3.05) is 0 Å². The molecule has 6 heteroatoms. The van der Waals surface area contributed by atoms with Crippen LogP contribution in [0.3, 0.4) is 0 Å². The number of rotatable bonds is 8. The van der Waals surface area contributed by atoms with E-state index in [0.29, 0.717) is 18.7 Å². The smallest absolute Gasteiger partial charge is 0.331 e. The molecule has 0 aliphatic rings. The van der Waals surface area contributed by atoms with Crippen molar-refractivity contribution in [2.24, 2.45) is 5.16 Å². The highest BCUT2D eigenvalue weighted by Crippen LogP contribution is 2.17. The van der Waals surface area contributed by atoms with Gasteiger partial charge < -0.3 is 9.40 Å². The fourth-order valence-electron chi connectivity index (χ4n) is 2.77. The number of aromatic nitrogens is 2. The van der Waals surface area contributed by atoms with Gasteiger partial charge in [-0.25, -0.2) is 9.78 Å². The third-order valence-corrected chi connectivity index (χ3v) is 4.22. The number of hydrogen-bond acceptors (Lipinski definition) is 4. The lowest BCUT2D eigenvalue weighted by atomic mass is 10.0. The molecule has 0 atom stereocenters. The Morgan fingerprint density at radius 3 is 2.70 bits per heavy atom. The van der Waals surface area contributed by atoms with Crippen LogP contribution < -0.4 is 0 Å². The summed E-state index contributed by atoms with van der Waals surface area (Å²) >= 11 is 0. The molecule has 0 saturated carbocycles. The Hall–Kier alpha value is -2.66. The van der Waals surface area contributed by atoms with Crippen LogP contribution in [0.4, 0.5) is 0 Å². The van der Waals surface area contributed by atoms with Crippen LogP contribution in [0.1, 0.15) is 38.2 Å². The highest BCUT2D eigenvalue weighted by Gasteiger charge is 2.09. The van der Waals surface area contributed by atoms with Crippen molar-refractivity contribution >= 4 is 34.9 Å². The molecule has 0 aliphatic heterocycles. The molecule has 3 aromatic rings. The molecule has 142 valence electrons. The van der Waals surface area contributed by atoms with Crippen LogP contribution >= 0.6 is 12.4 Å². The van der Waals surface area contributed by atoms with Gasteiger partial charge in [0.1, 0.15) is 5.71 Å².